The van der Waals surface area contributed by atoms with Crippen molar-refractivity contribution in [2.75, 3.05) is 46.0 Å². The summed E-state index contributed by atoms with van der Waals surface area (Å²) in [7, 11) is 0. The summed E-state index contributed by atoms with van der Waals surface area (Å²) in [6.07, 6.45) is 1.10. The van der Waals surface area contributed by atoms with Crippen molar-refractivity contribution in [1.29, 1.82) is 0 Å². The number of nitrogens with zero attached hydrogens (tertiary/aromatic N) is 3. The molecule has 3 rings (SSSR count). The first kappa shape index (κ1) is 17.0. The first-order chi connectivity index (χ1) is 11.5. The summed E-state index contributed by atoms with van der Waals surface area (Å²) in [4.78, 5) is 20.3. The van der Waals surface area contributed by atoms with E-state index in [9.17, 15) is 18.7 Å². The molecule has 2 aliphatic rings. The minimum atomic E-state index is -2.93. The Morgan fingerprint density at radius 3 is 2.92 bits per heavy atom. The predicted molar refractivity (Wildman–Crippen MR) is 79.0 cm³/mol. The fourth-order valence-electron chi connectivity index (χ4n) is 3.15. The molecule has 1 atom stereocenters. The SMILES string of the molecule is O=C(c1ccc(OC(F)F)cn1)N1CCN2CCOCC2(CO)C1. The number of aliphatic hydroxyl groups excluding tert-OH is 1. The number of pyridine rings is 1. The van der Waals surface area contributed by atoms with Gasteiger partial charge in [-0.15, -0.1) is 0 Å². The number of morpholine rings is 1. The molecule has 1 aromatic heterocycles. The summed E-state index contributed by atoms with van der Waals surface area (Å²) >= 11 is 0. The van der Waals surface area contributed by atoms with E-state index < -0.39 is 12.2 Å². The molecule has 0 aliphatic carbocycles. The van der Waals surface area contributed by atoms with Crippen LogP contribution < -0.4 is 4.74 Å². The fourth-order valence-corrected chi connectivity index (χ4v) is 3.15. The van der Waals surface area contributed by atoms with Gasteiger partial charge in [0.2, 0.25) is 0 Å². The van der Waals surface area contributed by atoms with E-state index in [1.165, 1.54) is 12.1 Å². The van der Waals surface area contributed by atoms with Gasteiger partial charge in [-0.2, -0.15) is 8.78 Å². The third kappa shape index (κ3) is 3.33. The van der Waals surface area contributed by atoms with Crippen LogP contribution in [0.25, 0.3) is 0 Å². The molecule has 1 amide bonds. The molecule has 7 nitrogen and oxygen atoms in total. The third-order valence-corrected chi connectivity index (χ3v) is 4.43. The van der Waals surface area contributed by atoms with E-state index >= 15 is 0 Å². The van der Waals surface area contributed by atoms with Gasteiger partial charge in [-0.05, 0) is 12.1 Å². The maximum absolute atomic E-state index is 12.6. The largest absolute Gasteiger partial charge is 0.433 e. The molecule has 2 fully saturated rings. The number of aliphatic hydroxyl groups is 1. The Balaban J connectivity index is 1.71. The highest BCUT2D eigenvalue weighted by atomic mass is 19.3. The van der Waals surface area contributed by atoms with E-state index in [0.29, 0.717) is 32.8 Å². The lowest BCUT2D eigenvalue weighted by Gasteiger charge is -2.51. The van der Waals surface area contributed by atoms with Crippen molar-refractivity contribution in [3.63, 3.8) is 0 Å². The lowest BCUT2D eigenvalue weighted by molar-refractivity contribution is -0.119. The van der Waals surface area contributed by atoms with Gasteiger partial charge in [0.25, 0.3) is 5.91 Å². The van der Waals surface area contributed by atoms with Gasteiger partial charge >= 0.3 is 6.61 Å². The number of carbonyl (C=O) groups is 1. The average molecular weight is 343 g/mol. The molecule has 2 saturated heterocycles. The fraction of sp³-hybridized carbons (Fsp3) is 0.600. The Labute approximate surface area is 137 Å². The van der Waals surface area contributed by atoms with Crippen molar-refractivity contribution < 1.29 is 28.2 Å². The van der Waals surface area contributed by atoms with Crippen molar-refractivity contribution >= 4 is 5.91 Å². The van der Waals surface area contributed by atoms with Crippen LogP contribution in [0.15, 0.2) is 18.3 Å². The van der Waals surface area contributed by atoms with Gasteiger partial charge in [0.15, 0.2) is 0 Å². The molecule has 9 heteroatoms. The molecule has 0 aromatic carbocycles. The summed E-state index contributed by atoms with van der Waals surface area (Å²) in [6, 6.07) is 2.64. The van der Waals surface area contributed by atoms with Gasteiger partial charge in [0, 0.05) is 26.2 Å². The van der Waals surface area contributed by atoms with E-state index in [1.54, 1.807) is 4.90 Å². The van der Waals surface area contributed by atoms with Crippen molar-refractivity contribution in [2.24, 2.45) is 0 Å². The zero-order chi connectivity index (χ0) is 17.2. The topological polar surface area (TPSA) is 75.1 Å². The van der Waals surface area contributed by atoms with Crippen molar-refractivity contribution in [2.45, 2.75) is 12.2 Å². The zero-order valence-electron chi connectivity index (χ0n) is 13.0. The van der Waals surface area contributed by atoms with E-state index in [2.05, 4.69) is 14.6 Å². The van der Waals surface area contributed by atoms with Gasteiger partial charge in [-0.1, -0.05) is 0 Å². The third-order valence-electron chi connectivity index (χ3n) is 4.43. The van der Waals surface area contributed by atoms with Crippen LogP contribution in [0.5, 0.6) is 5.75 Å². The number of aromatic nitrogens is 1. The molecule has 1 N–H and O–H groups in total. The number of amides is 1. The normalized spacial score (nSPS) is 24.8. The highest BCUT2D eigenvalue weighted by Crippen LogP contribution is 2.26. The van der Waals surface area contributed by atoms with Crippen LogP contribution >= 0.6 is 0 Å². The zero-order valence-corrected chi connectivity index (χ0v) is 13.0. The molecular weight excluding hydrogens is 324 g/mol. The number of ether oxygens (including phenoxy) is 2. The molecule has 0 saturated carbocycles. The number of hydrogen-bond acceptors (Lipinski definition) is 6. The standard InChI is InChI=1S/C15H19F2N3O4/c16-14(17)24-11-1-2-12(18-7-11)13(22)19-3-4-20-5-6-23-10-15(20,8-19)9-21/h1-2,7,14,21H,3-6,8-10H2. The van der Waals surface area contributed by atoms with Crippen LogP contribution in [0, 0.1) is 0 Å². The second-order valence-corrected chi connectivity index (χ2v) is 5.91. The van der Waals surface area contributed by atoms with Gasteiger partial charge in [0.1, 0.15) is 11.4 Å². The second-order valence-electron chi connectivity index (χ2n) is 5.91. The van der Waals surface area contributed by atoms with E-state index in [1.807, 2.05) is 0 Å². The number of alkyl halides is 2. The molecule has 0 bridgehead atoms. The highest BCUT2D eigenvalue weighted by Gasteiger charge is 2.44. The molecule has 24 heavy (non-hydrogen) atoms. The van der Waals surface area contributed by atoms with Crippen LogP contribution in [0.2, 0.25) is 0 Å². The maximum atomic E-state index is 12.6. The summed E-state index contributed by atoms with van der Waals surface area (Å²) in [5.74, 6) is -0.407. The molecule has 2 aliphatic heterocycles. The molecular formula is C15H19F2N3O4. The number of hydrogen-bond donors (Lipinski definition) is 1. The summed E-state index contributed by atoms with van der Waals surface area (Å²) in [5.41, 5.74) is -0.444. The van der Waals surface area contributed by atoms with Crippen molar-refractivity contribution in [3.8, 4) is 5.75 Å². The summed E-state index contributed by atoms with van der Waals surface area (Å²) in [6.45, 7) is 0.146. The highest BCUT2D eigenvalue weighted by molar-refractivity contribution is 5.92. The van der Waals surface area contributed by atoms with Crippen molar-refractivity contribution in [3.05, 3.63) is 24.0 Å². The Bertz CT molecular complexity index is 587. The first-order valence-corrected chi connectivity index (χ1v) is 7.68. The first-order valence-electron chi connectivity index (χ1n) is 7.68. The number of rotatable bonds is 4. The monoisotopic (exact) mass is 343 g/mol. The van der Waals surface area contributed by atoms with Crippen LogP contribution in [-0.2, 0) is 4.74 Å². The smallest absolute Gasteiger partial charge is 0.387 e. The average Bonchev–Trinajstić information content (AvgIpc) is 2.60. The lowest BCUT2D eigenvalue weighted by atomic mass is 9.94. The van der Waals surface area contributed by atoms with Gasteiger partial charge in [0.05, 0.1) is 31.6 Å². The molecule has 0 spiro atoms. The number of halogens is 2. The van der Waals surface area contributed by atoms with Gasteiger partial charge < -0.3 is 19.5 Å². The molecule has 1 aromatic rings. The Kier molecular flexibility index (Phi) is 4.93. The lowest BCUT2D eigenvalue weighted by Crippen LogP contribution is -2.69. The minimum Gasteiger partial charge on any atom is -0.433 e. The summed E-state index contributed by atoms with van der Waals surface area (Å²) in [5, 5.41) is 9.80. The van der Waals surface area contributed by atoms with Crippen LogP contribution in [0.4, 0.5) is 8.78 Å². The number of piperazine rings is 1. The molecule has 1 unspecified atom stereocenters. The maximum Gasteiger partial charge on any atom is 0.387 e. The van der Waals surface area contributed by atoms with E-state index in [0.717, 1.165) is 12.7 Å². The molecule has 132 valence electrons. The van der Waals surface area contributed by atoms with Crippen LogP contribution in [-0.4, -0.2) is 83.9 Å². The van der Waals surface area contributed by atoms with Crippen LogP contribution in [0.1, 0.15) is 10.5 Å². The molecule has 0 radical (unpaired) electrons. The number of carbonyl (C=O) groups excluding carboxylic acids is 1. The number of fused-ring (bicyclic) bond motifs is 1. The van der Waals surface area contributed by atoms with E-state index in [-0.39, 0.29) is 24.0 Å². The molecule has 3 heterocycles. The minimum absolute atomic E-state index is 0.0983. The summed E-state index contributed by atoms with van der Waals surface area (Å²) < 4.78 is 34.0. The van der Waals surface area contributed by atoms with Gasteiger partial charge in [-0.25, -0.2) is 4.98 Å². The van der Waals surface area contributed by atoms with E-state index in [4.69, 9.17) is 4.74 Å². The van der Waals surface area contributed by atoms with Crippen molar-refractivity contribution in [1.82, 2.24) is 14.8 Å². The Morgan fingerprint density at radius 1 is 1.42 bits per heavy atom. The quantitative estimate of drug-likeness (QED) is 0.842. The van der Waals surface area contributed by atoms with Crippen LogP contribution in [0.3, 0.4) is 0 Å². The van der Waals surface area contributed by atoms with Gasteiger partial charge in [-0.3, -0.25) is 9.69 Å². The predicted octanol–water partition coefficient (Wildman–Crippen LogP) is 0.202. The Hall–Kier alpha value is -1.84. The second kappa shape index (κ2) is 6.96. The Morgan fingerprint density at radius 2 is 2.25 bits per heavy atom.